The number of aryl methyl sites for hydroxylation is 1. The van der Waals surface area contributed by atoms with E-state index < -0.39 is 11.7 Å². The molecule has 23 heavy (non-hydrogen) atoms. The van der Waals surface area contributed by atoms with Gasteiger partial charge >= 0.3 is 6.18 Å². The average Bonchev–Trinajstić information content (AvgIpc) is 2.50. The standard InChI is InChI=1S/C17H10BrClF3N/c1-9-2-7-12-13(19)8-14(23-16(12)15(9)18)10-3-5-11(6-4-10)17(20,21)22/h2-8H,1H3. The first-order valence-corrected chi connectivity index (χ1v) is 7.87. The van der Waals surface area contributed by atoms with Gasteiger partial charge in [-0.15, -0.1) is 0 Å². The Bertz CT molecular complexity index is 889. The molecule has 0 fully saturated rings. The normalized spacial score (nSPS) is 11.9. The van der Waals surface area contributed by atoms with Gasteiger partial charge in [-0.2, -0.15) is 13.2 Å². The second-order valence-electron chi connectivity index (χ2n) is 5.16. The number of fused-ring (bicyclic) bond motifs is 1. The Hall–Kier alpha value is -1.59. The Balaban J connectivity index is 2.15. The zero-order valence-electron chi connectivity index (χ0n) is 11.9. The lowest BCUT2D eigenvalue weighted by molar-refractivity contribution is -0.137. The smallest absolute Gasteiger partial charge is 0.246 e. The van der Waals surface area contributed by atoms with Crippen LogP contribution >= 0.6 is 27.5 Å². The minimum absolute atomic E-state index is 0.505. The van der Waals surface area contributed by atoms with Crippen LogP contribution in [-0.4, -0.2) is 4.98 Å². The molecule has 0 atom stereocenters. The molecule has 3 aromatic rings. The molecule has 0 N–H and O–H groups in total. The number of halogens is 5. The van der Waals surface area contributed by atoms with Crippen LogP contribution in [0.2, 0.25) is 5.02 Å². The second-order valence-corrected chi connectivity index (χ2v) is 6.36. The van der Waals surface area contributed by atoms with Crippen molar-refractivity contribution in [2.24, 2.45) is 0 Å². The second kappa shape index (κ2) is 5.80. The summed E-state index contributed by atoms with van der Waals surface area (Å²) < 4.78 is 38.8. The quantitative estimate of drug-likeness (QED) is 0.446. The maximum Gasteiger partial charge on any atom is 0.416 e. The molecule has 0 aliphatic rings. The van der Waals surface area contributed by atoms with Crippen molar-refractivity contribution in [3.63, 3.8) is 0 Å². The van der Waals surface area contributed by atoms with E-state index in [-0.39, 0.29) is 0 Å². The molecule has 0 saturated carbocycles. The Morgan fingerprint density at radius 3 is 2.30 bits per heavy atom. The van der Waals surface area contributed by atoms with Crippen LogP contribution in [0.3, 0.4) is 0 Å². The van der Waals surface area contributed by atoms with Crippen molar-refractivity contribution in [1.82, 2.24) is 4.98 Å². The number of pyridine rings is 1. The van der Waals surface area contributed by atoms with Crippen LogP contribution < -0.4 is 0 Å². The minimum atomic E-state index is -4.35. The number of hydrogen-bond donors (Lipinski definition) is 0. The molecule has 2 aromatic carbocycles. The first-order chi connectivity index (χ1) is 10.8. The van der Waals surface area contributed by atoms with Crippen LogP contribution in [0.4, 0.5) is 13.2 Å². The van der Waals surface area contributed by atoms with Crippen LogP contribution in [0, 0.1) is 6.92 Å². The lowest BCUT2D eigenvalue weighted by Crippen LogP contribution is -2.04. The number of rotatable bonds is 1. The van der Waals surface area contributed by atoms with Crippen molar-refractivity contribution in [1.29, 1.82) is 0 Å². The molecule has 1 nitrogen and oxygen atoms in total. The number of hydrogen-bond acceptors (Lipinski definition) is 1. The fraction of sp³-hybridized carbons (Fsp3) is 0.118. The topological polar surface area (TPSA) is 12.9 Å². The fourth-order valence-electron chi connectivity index (χ4n) is 2.30. The van der Waals surface area contributed by atoms with Gasteiger partial charge in [-0.3, -0.25) is 0 Å². The summed E-state index contributed by atoms with van der Waals surface area (Å²) in [7, 11) is 0. The van der Waals surface area contributed by atoms with Crippen molar-refractivity contribution in [2.75, 3.05) is 0 Å². The predicted molar refractivity (Wildman–Crippen MR) is 89.6 cm³/mol. The molecule has 0 radical (unpaired) electrons. The molecule has 0 bridgehead atoms. The fourth-order valence-corrected chi connectivity index (χ4v) is 2.99. The van der Waals surface area contributed by atoms with Gasteiger partial charge in [-0.1, -0.05) is 35.9 Å². The summed E-state index contributed by atoms with van der Waals surface area (Å²) in [6, 6.07) is 10.3. The molecular formula is C17H10BrClF3N. The summed E-state index contributed by atoms with van der Waals surface area (Å²) >= 11 is 9.79. The van der Waals surface area contributed by atoms with Gasteiger partial charge in [0.15, 0.2) is 0 Å². The first kappa shape index (κ1) is 16.3. The van der Waals surface area contributed by atoms with Gasteiger partial charge < -0.3 is 0 Å². The largest absolute Gasteiger partial charge is 0.416 e. The highest BCUT2D eigenvalue weighted by Crippen LogP contribution is 2.35. The molecule has 118 valence electrons. The SMILES string of the molecule is Cc1ccc2c(Cl)cc(-c3ccc(C(F)(F)F)cc3)nc2c1Br. The van der Waals surface area contributed by atoms with E-state index in [1.54, 1.807) is 6.07 Å². The Labute approximate surface area is 144 Å². The molecular weight excluding hydrogens is 391 g/mol. The zero-order chi connectivity index (χ0) is 16.8. The van der Waals surface area contributed by atoms with E-state index in [4.69, 9.17) is 11.6 Å². The minimum Gasteiger partial charge on any atom is -0.246 e. The highest BCUT2D eigenvalue weighted by atomic mass is 79.9. The highest BCUT2D eigenvalue weighted by molar-refractivity contribution is 9.10. The van der Waals surface area contributed by atoms with Gasteiger partial charge in [-0.05, 0) is 46.6 Å². The average molecular weight is 401 g/mol. The van der Waals surface area contributed by atoms with E-state index in [1.807, 2.05) is 19.1 Å². The summed E-state index contributed by atoms with van der Waals surface area (Å²) in [6.45, 7) is 1.93. The van der Waals surface area contributed by atoms with E-state index in [0.29, 0.717) is 21.8 Å². The number of alkyl halides is 3. The number of aromatic nitrogens is 1. The van der Waals surface area contributed by atoms with Gasteiger partial charge in [0.1, 0.15) is 0 Å². The van der Waals surface area contributed by atoms with Crippen LogP contribution in [0.25, 0.3) is 22.2 Å². The molecule has 1 aromatic heterocycles. The predicted octanol–water partition coefficient (Wildman–Crippen LogP) is 6.64. The summed E-state index contributed by atoms with van der Waals surface area (Å²) in [4.78, 5) is 4.55. The van der Waals surface area contributed by atoms with Crippen molar-refractivity contribution in [2.45, 2.75) is 13.1 Å². The maximum absolute atomic E-state index is 12.6. The van der Waals surface area contributed by atoms with Gasteiger partial charge in [0.25, 0.3) is 0 Å². The van der Waals surface area contributed by atoms with Crippen molar-refractivity contribution in [3.05, 3.63) is 63.1 Å². The molecule has 0 aliphatic carbocycles. The molecule has 0 saturated heterocycles. The number of benzene rings is 2. The Kier molecular flexibility index (Phi) is 4.10. The van der Waals surface area contributed by atoms with Gasteiger partial charge in [0.2, 0.25) is 0 Å². The summed E-state index contributed by atoms with van der Waals surface area (Å²) in [5.41, 5.74) is 2.11. The lowest BCUT2D eigenvalue weighted by atomic mass is 10.1. The Morgan fingerprint density at radius 1 is 1.04 bits per heavy atom. The molecule has 1 heterocycles. The lowest BCUT2D eigenvalue weighted by Gasteiger charge is -2.10. The number of nitrogens with zero attached hydrogens (tertiary/aromatic N) is 1. The van der Waals surface area contributed by atoms with Gasteiger partial charge in [0, 0.05) is 15.4 Å². The molecule has 6 heteroatoms. The zero-order valence-corrected chi connectivity index (χ0v) is 14.2. The first-order valence-electron chi connectivity index (χ1n) is 6.70. The third-order valence-corrected chi connectivity index (χ3v) is 4.88. The molecule has 0 amide bonds. The molecule has 0 unspecified atom stereocenters. The summed E-state index contributed by atoms with van der Waals surface area (Å²) in [5.74, 6) is 0. The molecule has 3 rings (SSSR count). The van der Waals surface area contributed by atoms with E-state index in [2.05, 4.69) is 20.9 Å². The van der Waals surface area contributed by atoms with Crippen LogP contribution in [0.5, 0.6) is 0 Å². The Morgan fingerprint density at radius 2 is 1.70 bits per heavy atom. The molecule has 0 spiro atoms. The van der Waals surface area contributed by atoms with E-state index in [0.717, 1.165) is 27.6 Å². The van der Waals surface area contributed by atoms with Crippen LogP contribution in [0.1, 0.15) is 11.1 Å². The van der Waals surface area contributed by atoms with Crippen LogP contribution in [0.15, 0.2) is 46.9 Å². The third kappa shape index (κ3) is 3.08. The maximum atomic E-state index is 12.6. The van der Waals surface area contributed by atoms with Gasteiger partial charge in [0.05, 0.1) is 21.8 Å². The van der Waals surface area contributed by atoms with E-state index in [9.17, 15) is 13.2 Å². The van der Waals surface area contributed by atoms with E-state index in [1.165, 1.54) is 12.1 Å². The molecule has 0 aliphatic heterocycles. The summed E-state index contributed by atoms with van der Waals surface area (Å²) in [5, 5.41) is 1.30. The van der Waals surface area contributed by atoms with Gasteiger partial charge in [-0.25, -0.2) is 4.98 Å². The highest BCUT2D eigenvalue weighted by Gasteiger charge is 2.30. The van der Waals surface area contributed by atoms with Crippen molar-refractivity contribution in [3.8, 4) is 11.3 Å². The van der Waals surface area contributed by atoms with Crippen molar-refractivity contribution >= 4 is 38.4 Å². The summed E-state index contributed by atoms with van der Waals surface area (Å²) in [6.07, 6.45) is -4.35. The third-order valence-electron chi connectivity index (χ3n) is 3.57. The van der Waals surface area contributed by atoms with Crippen LogP contribution in [-0.2, 0) is 6.18 Å². The van der Waals surface area contributed by atoms with Crippen molar-refractivity contribution < 1.29 is 13.2 Å². The monoisotopic (exact) mass is 399 g/mol. The van der Waals surface area contributed by atoms with E-state index >= 15 is 0 Å².